The van der Waals surface area contributed by atoms with Crippen molar-refractivity contribution in [2.75, 3.05) is 45.2 Å². The van der Waals surface area contributed by atoms with Gasteiger partial charge in [0.1, 0.15) is 16.7 Å². The van der Waals surface area contributed by atoms with Crippen LogP contribution < -0.4 is 10.1 Å². The van der Waals surface area contributed by atoms with E-state index < -0.39 is 5.97 Å². The van der Waals surface area contributed by atoms with Crippen molar-refractivity contribution in [2.45, 2.75) is 20.3 Å². The van der Waals surface area contributed by atoms with E-state index in [4.69, 9.17) is 21.7 Å². The maximum Gasteiger partial charge on any atom is 0.338 e. The highest BCUT2D eigenvalue weighted by Gasteiger charge is 2.32. The predicted molar refractivity (Wildman–Crippen MR) is 151 cm³/mol. The number of carbonyl (C=O) groups is 3. The normalized spacial score (nSPS) is 14.4. The molecule has 10 heteroatoms. The first-order valence-electron chi connectivity index (χ1n) is 12.0. The minimum absolute atomic E-state index is 0.0808. The lowest BCUT2D eigenvalue weighted by Gasteiger charge is -2.17. The van der Waals surface area contributed by atoms with Crippen LogP contribution in [0, 0.1) is 0 Å². The van der Waals surface area contributed by atoms with E-state index in [1.165, 1.54) is 16.7 Å². The van der Waals surface area contributed by atoms with Crippen LogP contribution in [0.25, 0.3) is 6.08 Å². The molecule has 2 amide bonds. The average molecular weight is 542 g/mol. The molecule has 1 saturated heterocycles. The number of methoxy groups -OCH3 is 1. The molecule has 0 bridgehead atoms. The van der Waals surface area contributed by atoms with Crippen molar-refractivity contribution < 1.29 is 23.9 Å². The number of benzene rings is 2. The maximum atomic E-state index is 12.8. The summed E-state index contributed by atoms with van der Waals surface area (Å²) in [5, 5.41) is 2.78. The van der Waals surface area contributed by atoms with Gasteiger partial charge < -0.3 is 19.7 Å². The predicted octanol–water partition coefficient (Wildman–Crippen LogP) is 4.42. The van der Waals surface area contributed by atoms with Gasteiger partial charge in [-0.1, -0.05) is 50.0 Å². The Labute approximate surface area is 227 Å². The highest BCUT2D eigenvalue weighted by Crippen LogP contribution is 2.32. The summed E-state index contributed by atoms with van der Waals surface area (Å²) < 4.78 is 10.9. The van der Waals surface area contributed by atoms with Crippen LogP contribution in [0.3, 0.4) is 0 Å². The van der Waals surface area contributed by atoms with Crippen molar-refractivity contribution in [3.63, 3.8) is 0 Å². The SMILES string of the molecule is CCN(CC)CCOC(=O)c1ccc(NC(=O)CCN2C(=O)/C(=C\c3ccc(OC)cc3)SC2=S)cc1. The van der Waals surface area contributed by atoms with Crippen LogP contribution in [0.5, 0.6) is 5.75 Å². The Morgan fingerprint density at radius 3 is 2.38 bits per heavy atom. The monoisotopic (exact) mass is 541 g/mol. The zero-order chi connectivity index (χ0) is 26.8. The summed E-state index contributed by atoms with van der Waals surface area (Å²) in [6, 6.07) is 13.9. The lowest BCUT2D eigenvalue weighted by atomic mass is 10.2. The summed E-state index contributed by atoms with van der Waals surface area (Å²) in [5.41, 5.74) is 1.82. The largest absolute Gasteiger partial charge is 0.497 e. The van der Waals surface area contributed by atoms with Gasteiger partial charge in [0.05, 0.1) is 17.6 Å². The molecule has 8 nitrogen and oxygen atoms in total. The Morgan fingerprint density at radius 2 is 1.76 bits per heavy atom. The zero-order valence-electron chi connectivity index (χ0n) is 21.2. The lowest BCUT2D eigenvalue weighted by molar-refractivity contribution is -0.122. The second-order valence-electron chi connectivity index (χ2n) is 8.14. The number of esters is 1. The molecule has 0 spiro atoms. The Bertz CT molecular complexity index is 1150. The standard InChI is InChI=1S/C27H31N3O5S2/c1-4-29(5-2)16-17-35-26(33)20-8-10-21(11-9-20)28-24(31)14-15-30-25(32)23(37-27(30)36)18-19-6-12-22(34-3)13-7-19/h6-13,18H,4-5,14-17H2,1-3H3,(H,28,31)/b23-18+. The Kier molecular flexibility index (Phi) is 10.7. The lowest BCUT2D eigenvalue weighted by Crippen LogP contribution is -2.31. The van der Waals surface area contributed by atoms with E-state index in [2.05, 4.69) is 24.1 Å². The van der Waals surface area contributed by atoms with E-state index in [1.54, 1.807) is 37.5 Å². The number of hydrogen-bond donors (Lipinski definition) is 1. The second kappa shape index (κ2) is 13.9. The number of rotatable bonds is 12. The number of thiocarbonyl (C=S) groups is 1. The van der Waals surface area contributed by atoms with Crippen LogP contribution in [0.2, 0.25) is 0 Å². The van der Waals surface area contributed by atoms with E-state index in [0.29, 0.717) is 33.6 Å². The van der Waals surface area contributed by atoms with Crippen molar-refractivity contribution in [3.8, 4) is 5.75 Å². The molecule has 2 aromatic carbocycles. The third-order valence-electron chi connectivity index (χ3n) is 5.79. The van der Waals surface area contributed by atoms with E-state index in [9.17, 15) is 14.4 Å². The smallest absolute Gasteiger partial charge is 0.338 e. The van der Waals surface area contributed by atoms with Crippen molar-refractivity contribution >= 4 is 57.8 Å². The molecule has 2 aromatic rings. The molecule has 1 aliphatic heterocycles. The second-order valence-corrected chi connectivity index (χ2v) is 9.82. The molecule has 3 rings (SSSR count). The molecule has 0 radical (unpaired) electrons. The van der Waals surface area contributed by atoms with Crippen LogP contribution in [-0.4, -0.2) is 71.8 Å². The Balaban J connectivity index is 1.47. The van der Waals surface area contributed by atoms with E-state index in [-0.39, 0.29) is 24.8 Å². The number of likely N-dealkylation sites (N-methyl/N-ethyl adjacent to an activating group) is 1. The molecule has 0 aliphatic carbocycles. The highest BCUT2D eigenvalue weighted by molar-refractivity contribution is 8.26. The third kappa shape index (κ3) is 8.14. The molecule has 0 aromatic heterocycles. The summed E-state index contributed by atoms with van der Waals surface area (Å²) in [5.74, 6) is -0.150. The molecule has 0 unspecified atom stereocenters. The molecule has 0 atom stereocenters. The van der Waals surface area contributed by atoms with Gasteiger partial charge in [0, 0.05) is 25.2 Å². The molecule has 37 heavy (non-hydrogen) atoms. The third-order valence-corrected chi connectivity index (χ3v) is 7.17. The molecule has 1 aliphatic rings. The average Bonchev–Trinajstić information content (AvgIpc) is 3.17. The number of anilines is 1. The van der Waals surface area contributed by atoms with Gasteiger partial charge in [-0.15, -0.1) is 0 Å². The zero-order valence-corrected chi connectivity index (χ0v) is 22.8. The molecule has 1 N–H and O–H groups in total. The fourth-order valence-corrected chi connectivity index (χ4v) is 4.87. The van der Waals surface area contributed by atoms with Gasteiger partial charge in [0.15, 0.2) is 0 Å². The van der Waals surface area contributed by atoms with Crippen LogP contribution in [-0.2, 0) is 14.3 Å². The van der Waals surface area contributed by atoms with Gasteiger partial charge in [0.25, 0.3) is 5.91 Å². The van der Waals surface area contributed by atoms with Gasteiger partial charge in [-0.2, -0.15) is 0 Å². The van der Waals surface area contributed by atoms with Crippen molar-refractivity contribution in [1.29, 1.82) is 0 Å². The summed E-state index contributed by atoms with van der Waals surface area (Å²) in [6.45, 7) is 7.12. The van der Waals surface area contributed by atoms with Crippen LogP contribution in [0.15, 0.2) is 53.4 Å². The van der Waals surface area contributed by atoms with E-state index in [1.807, 2.05) is 24.3 Å². The number of nitrogens with one attached hydrogen (secondary N) is 1. The Morgan fingerprint density at radius 1 is 1.08 bits per heavy atom. The number of nitrogens with zero attached hydrogens (tertiary/aromatic N) is 2. The first-order chi connectivity index (χ1) is 17.8. The van der Waals surface area contributed by atoms with Crippen LogP contribution in [0.4, 0.5) is 5.69 Å². The first kappa shape index (κ1) is 28.4. The molecule has 1 fully saturated rings. The topological polar surface area (TPSA) is 88.2 Å². The fraction of sp³-hybridized carbons (Fsp3) is 0.333. The van der Waals surface area contributed by atoms with E-state index in [0.717, 1.165) is 24.4 Å². The summed E-state index contributed by atoms with van der Waals surface area (Å²) in [4.78, 5) is 41.6. The van der Waals surface area contributed by atoms with E-state index >= 15 is 0 Å². The number of hydrogen-bond acceptors (Lipinski definition) is 8. The summed E-state index contributed by atoms with van der Waals surface area (Å²) in [6.07, 6.45) is 1.85. The molecule has 0 saturated carbocycles. The highest BCUT2D eigenvalue weighted by atomic mass is 32.2. The fourth-order valence-electron chi connectivity index (χ4n) is 3.56. The van der Waals surface area contributed by atoms with Gasteiger partial charge in [-0.05, 0) is 61.1 Å². The Hall–Kier alpha value is -3.21. The van der Waals surface area contributed by atoms with Gasteiger partial charge >= 0.3 is 5.97 Å². The van der Waals surface area contributed by atoms with Crippen molar-refractivity contribution in [3.05, 3.63) is 64.6 Å². The van der Waals surface area contributed by atoms with Crippen LogP contribution in [0.1, 0.15) is 36.2 Å². The van der Waals surface area contributed by atoms with Crippen LogP contribution >= 0.6 is 24.0 Å². The number of amides is 2. The summed E-state index contributed by atoms with van der Waals surface area (Å²) in [7, 11) is 1.59. The van der Waals surface area contributed by atoms with Crippen molar-refractivity contribution in [1.82, 2.24) is 9.80 Å². The number of ether oxygens (including phenoxy) is 2. The summed E-state index contributed by atoms with van der Waals surface area (Å²) >= 11 is 6.57. The maximum absolute atomic E-state index is 12.8. The van der Waals surface area contributed by atoms with Crippen molar-refractivity contribution in [2.24, 2.45) is 0 Å². The molecular weight excluding hydrogens is 510 g/mol. The molecule has 1 heterocycles. The quantitative estimate of drug-likeness (QED) is 0.240. The molecule has 196 valence electrons. The number of thioether (sulfide) groups is 1. The number of carbonyl (C=O) groups excluding carboxylic acids is 3. The van der Waals surface area contributed by atoms with Gasteiger partial charge in [0.2, 0.25) is 5.91 Å². The first-order valence-corrected chi connectivity index (χ1v) is 13.3. The molecular formula is C27H31N3O5S2. The minimum Gasteiger partial charge on any atom is -0.497 e. The minimum atomic E-state index is -0.401. The van der Waals surface area contributed by atoms with Gasteiger partial charge in [-0.3, -0.25) is 14.5 Å². The van der Waals surface area contributed by atoms with Gasteiger partial charge in [-0.25, -0.2) is 4.79 Å².